The van der Waals surface area contributed by atoms with E-state index < -0.39 is 0 Å². The van der Waals surface area contributed by atoms with Crippen LogP contribution in [0, 0.1) is 21.7 Å². The molecule has 0 aromatic carbocycles. The third kappa shape index (κ3) is 20.3. The van der Waals surface area contributed by atoms with Crippen molar-refractivity contribution in [2.45, 2.75) is 101 Å². The Morgan fingerprint density at radius 2 is 1.12 bits per heavy atom. The van der Waals surface area contributed by atoms with Crippen molar-refractivity contribution in [3.63, 3.8) is 0 Å². The molecule has 0 heterocycles. The fourth-order valence-corrected chi connectivity index (χ4v) is 4.85. The third-order valence-corrected chi connectivity index (χ3v) is 5.36. The van der Waals surface area contributed by atoms with Crippen LogP contribution in [0.3, 0.4) is 0 Å². The predicted molar refractivity (Wildman–Crippen MR) is 142 cm³/mol. The van der Waals surface area contributed by atoms with Crippen LogP contribution in [0.2, 0.25) is 0 Å². The zero-order valence-electron chi connectivity index (χ0n) is 24.4. The molecule has 0 bridgehead atoms. The highest BCUT2D eigenvalue weighted by Gasteiger charge is 2.28. The van der Waals surface area contributed by atoms with E-state index in [0.29, 0.717) is 39.1 Å². The van der Waals surface area contributed by atoms with Gasteiger partial charge in [0.15, 0.2) is 0 Å². The van der Waals surface area contributed by atoms with Gasteiger partial charge < -0.3 is 19.7 Å². The number of nitrogens with one attached hydrogen (secondary N) is 1. The summed E-state index contributed by atoms with van der Waals surface area (Å²) in [5, 5.41) is 3.31. The van der Waals surface area contributed by atoms with Crippen LogP contribution < -0.4 is 5.32 Å². The fourth-order valence-electron chi connectivity index (χ4n) is 4.85. The standard InChI is InChI=1S/C28H56N2O4/c1-25(2,3)19-27(7,8)21-33-23(31)13-16-29-15-12-17-30(11)18-14-24(32)34-22-28(9,10)20-26(4,5)6/h29H,12-22H2,1-11H3. The van der Waals surface area contributed by atoms with Gasteiger partial charge in [-0.1, -0.05) is 69.2 Å². The Kier molecular flexibility index (Phi) is 13.9. The molecule has 202 valence electrons. The number of esters is 2. The van der Waals surface area contributed by atoms with Gasteiger partial charge >= 0.3 is 11.9 Å². The quantitative estimate of drug-likeness (QED) is 0.224. The molecule has 0 aliphatic carbocycles. The molecule has 0 saturated carbocycles. The maximum absolute atomic E-state index is 12.1. The molecule has 0 atom stereocenters. The van der Waals surface area contributed by atoms with Gasteiger partial charge in [0, 0.05) is 13.1 Å². The Balaban J connectivity index is 3.87. The van der Waals surface area contributed by atoms with E-state index in [1.807, 2.05) is 7.05 Å². The van der Waals surface area contributed by atoms with Crippen molar-refractivity contribution >= 4 is 11.9 Å². The van der Waals surface area contributed by atoms with Crippen LogP contribution >= 0.6 is 0 Å². The summed E-state index contributed by atoms with van der Waals surface area (Å²) >= 11 is 0. The molecule has 0 unspecified atom stereocenters. The first kappa shape index (κ1) is 32.9. The lowest BCUT2D eigenvalue weighted by Crippen LogP contribution is -2.30. The van der Waals surface area contributed by atoms with Crippen LogP contribution in [0.1, 0.15) is 101 Å². The molecule has 0 radical (unpaired) electrons. The predicted octanol–water partition coefficient (Wildman–Crippen LogP) is 5.69. The molecule has 0 aromatic heterocycles. The summed E-state index contributed by atoms with van der Waals surface area (Å²) < 4.78 is 11.0. The minimum atomic E-state index is -0.143. The lowest BCUT2D eigenvalue weighted by Gasteiger charge is -2.31. The maximum Gasteiger partial charge on any atom is 0.307 e. The Morgan fingerprint density at radius 1 is 0.676 bits per heavy atom. The molecule has 6 nitrogen and oxygen atoms in total. The van der Waals surface area contributed by atoms with E-state index >= 15 is 0 Å². The van der Waals surface area contributed by atoms with E-state index in [-0.39, 0.29) is 33.6 Å². The first-order chi connectivity index (χ1) is 15.3. The van der Waals surface area contributed by atoms with E-state index in [9.17, 15) is 9.59 Å². The first-order valence-corrected chi connectivity index (χ1v) is 13.0. The third-order valence-electron chi connectivity index (χ3n) is 5.36. The molecule has 0 spiro atoms. The normalized spacial score (nSPS) is 13.3. The van der Waals surface area contributed by atoms with Gasteiger partial charge in [0.25, 0.3) is 0 Å². The van der Waals surface area contributed by atoms with Crippen molar-refractivity contribution in [1.82, 2.24) is 10.2 Å². The smallest absolute Gasteiger partial charge is 0.307 e. The van der Waals surface area contributed by atoms with Crippen LogP contribution in [0.4, 0.5) is 0 Å². The van der Waals surface area contributed by atoms with Gasteiger partial charge in [-0.05, 0) is 61.1 Å². The molecule has 0 rings (SSSR count). The molecule has 0 aliphatic heterocycles. The molecule has 0 aliphatic rings. The van der Waals surface area contributed by atoms with E-state index in [0.717, 1.165) is 32.4 Å². The number of ether oxygens (including phenoxy) is 2. The summed E-state index contributed by atoms with van der Waals surface area (Å²) in [6.07, 6.45) is 3.77. The van der Waals surface area contributed by atoms with E-state index in [2.05, 4.69) is 79.5 Å². The van der Waals surface area contributed by atoms with Gasteiger partial charge in [0.1, 0.15) is 0 Å². The topological polar surface area (TPSA) is 67.9 Å². The second-order valence-corrected chi connectivity index (χ2v) is 14.0. The minimum Gasteiger partial charge on any atom is -0.465 e. The van der Waals surface area contributed by atoms with Gasteiger partial charge in [-0.15, -0.1) is 0 Å². The molecular weight excluding hydrogens is 428 g/mol. The van der Waals surface area contributed by atoms with Crippen LogP contribution in [0.15, 0.2) is 0 Å². The Hall–Kier alpha value is -1.14. The van der Waals surface area contributed by atoms with E-state index in [4.69, 9.17) is 9.47 Å². The zero-order valence-corrected chi connectivity index (χ0v) is 24.4. The fraction of sp³-hybridized carbons (Fsp3) is 0.929. The van der Waals surface area contributed by atoms with Gasteiger partial charge in [-0.3, -0.25) is 9.59 Å². The molecule has 0 aromatic rings. The summed E-state index contributed by atoms with van der Waals surface area (Å²) in [7, 11) is 2.02. The highest BCUT2D eigenvalue weighted by Crippen LogP contribution is 2.34. The second kappa shape index (κ2) is 14.4. The molecule has 0 saturated heterocycles. The van der Waals surface area contributed by atoms with E-state index in [1.165, 1.54) is 0 Å². The van der Waals surface area contributed by atoms with Crippen molar-refractivity contribution in [1.29, 1.82) is 0 Å². The number of nitrogens with zero attached hydrogens (tertiary/aromatic N) is 1. The maximum atomic E-state index is 12.1. The molecule has 34 heavy (non-hydrogen) atoms. The minimum absolute atomic E-state index is 0.0129. The van der Waals surface area contributed by atoms with Crippen molar-refractivity contribution < 1.29 is 19.1 Å². The van der Waals surface area contributed by atoms with Crippen molar-refractivity contribution in [2.24, 2.45) is 21.7 Å². The van der Waals surface area contributed by atoms with Crippen LogP contribution in [-0.4, -0.2) is 63.3 Å². The van der Waals surface area contributed by atoms with Gasteiger partial charge in [0.2, 0.25) is 0 Å². The Morgan fingerprint density at radius 3 is 1.56 bits per heavy atom. The van der Waals surface area contributed by atoms with Gasteiger partial charge in [-0.2, -0.15) is 0 Å². The van der Waals surface area contributed by atoms with Gasteiger partial charge in [-0.25, -0.2) is 0 Å². The molecule has 1 N–H and O–H groups in total. The van der Waals surface area contributed by atoms with Crippen LogP contribution in [0.5, 0.6) is 0 Å². The number of carbonyl (C=O) groups excluding carboxylic acids is 2. The first-order valence-electron chi connectivity index (χ1n) is 13.0. The summed E-state index contributed by atoms with van der Waals surface area (Å²) in [6, 6.07) is 0. The summed E-state index contributed by atoms with van der Waals surface area (Å²) in [4.78, 5) is 26.3. The monoisotopic (exact) mass is 484 g/mol. The lowest BCUT2D eigenvalue weighted by molar-refractivity contribution is -0.148. The highest BCUT2D eigenvalue weighted by molar-refractivity contribution is 5.69. The number of hydrogen-bond donors (Lipinski definition) is 1. The summed E-state index contributed by atoms with van der Waals surface area (Å²) in [6.45, 7) is 25.8. The largest absolute Gasteiger partial charge is 0.465 e. The number of carbonyl (C=O) groups is 2. The second-order valence-electron chi connectivity index (χ2n) is 14.0. The average Bonchev–Trinajstić information content (AvgIpc) is 2.62. The lowest BCUT2D eigenvalue weighted by atomic mass is 9.77. The van der Waals surface area contributed by atoms with Crippen LogP contribution in [-0.2, 0) is 19.1 Å². The Labute approximate surface area is 210 Å². The highest BCUT2D eigenvalue weighted by atomic mass is 16.5. The average molecular weight is 485 g/mol. The van der Waals surface area contributed by atoms with Crippen molar-refractivity contribution in [3.05, 3.63) is 0 Å². The molecule has 0 amide bonds. The number of rotatable bonds is 16. The van der Waals surface area contributed by atoms with Gasteiger partial charge in [0.05, 0.1) is 26.1 Å². The molecule has 6 heteroatoms. The van der Waals surface area contributed by atoms with E-state index in [1.54, 1.807) is 0 Å². The summed E-state index contributed by atoms with van der Waals surface area (Å²) in [5.41, 5.74) is 0.406. The Bertz CT molecular complexity index is 601. The molecule has 0 fully saturated rings. The SMILES string of the molecule is CN(CCCNCCC(=O)OCC(C)(C)CC(C)(C)C)CCC(=O)OCC(C)(C)CC(C)(C)C. The molecular formula is C28H56N2O4. The zero-order chi connectivity index (χ0) is 26.6. The van der Waals surface area contributed by atoms with Crippen LogP contribution in [0.25, 0.3) is 0 Å². The number of hydrogen-bond acceptors (Lipinski definition) is 6. The summed E-state index contributed by atoms with van der Waals surface area (Å²) in [5.74, 6) is -0.271. The van der Waals surface area contributed by atoms with Crippen molar-refractivity contribution in [2.75, 3.05) is 46.4 Å². The van der Waals surface area contributed by atoms with Crippen molar-refractivity contribution in [3.8, 4) is 0 Å².